The van der Waals surface area contributed by atoms with E-state index in [0.29, 0.717) is 0 Å². The lowest BCUT2D eigenvalue weighted by Gasteiger charge is -2.05. The molecule has 1 aromatic rings. The van der Waals surface area contributed by atoms with Gasteiger partial charge in [0, 0.05) is 6.42 Å². The van der Waals surface area contributed by atoms with Crippen LogP contribution in [0.4, 0.5) is 13.2 Å². The minimum absolute atomic E-state index is 0.00581. The molecule has 6 nitrogen and oxygen atoms in total. The maximum atomic E-state index is 11.8. The predicted octanol–water partition coefficient (Wildman–Crippen LogP) is 0.573. The number of rotatable bonds is 7. The summed E-state index contributed by atoms with van der Waals surface area (Å²) in [5.41, 5.74) is 5.24. The molecule has 0 saturated carbocycles. The molecule has 18 heavy (non-hydrogen) atoms. The van der Waals surface area contributed by atoms with Crippen LogP contribution in [-0.2, 0) is 11.2 Å². The summed E-state index contributed by atoms with van der Waals surface area (Å²) in [6.45, 7) is -1.23. The molecule has 3 N–H and O–H groups in total. The molecule has 0 bridgehead atoms. The van der Waals surface area contributed by atoms with Crippen molar-refractivity contribution in [3.63, 3.8) is 0 Å². The summed E-state index contributed by atoms with van der Waals surface area (Å²) in [7, 11) is 0. The topological polar surface area (TPSA) is 94.4 Å². The van der Waals surface area contributed by atoms with Crippen molar-refractivity contribution in [2.45, 2.75) is 25.1 Å². The van der Waals surface area contributed by atoms with Crippen LogP contribution in [-0.4, -0.2) is 41.2 Å². The zero-order valence-electron chi connectivity index (χ0n) is 9.48. The van der Waals surface area contributed by atoms with Gasteiger partial charge in [-0.05, 0) is 13.0 Å². The average molecular weight is 269 g/mol. The van der Waals surface area contributed by atoms with Crippen LogP contribution in [0.1, 0.15) is 24.2 Å². The van der Waals surface area contributed by atoms with Crippen molar-refractivity contribution in [3.8, 4) is 0 Å². The van der Waals surface area contributed by atoms with E-state index in [1.165, 1.54) is 0 Å². The molecule has 104 valence electrons. The van der Waals surface area contributed by atoms with Crippen LogP contribution in [0.15, 0.2) is 4.52 Å². The van der Waals surface area contributed by atoms with Gasteiger partial charge >= 0.3 is 6.18 Å². The van der Waals surface area contributed by atoms with E-state index in [4.69, 9.17) is 10.3 Å². The Labute approximate surface area is 101 Å². The first-order valence-electron chi connectivity index (χ1n) is 5.27. The summed E-state index contributed by atoms with van der Waals surface area (Å²) < 4.78 is 44.4. The molecule has 0 saturated heterocycles. The van der Waals surface area contributed by atoms with Crippen molar-refractivity contribution >= 4 is 0 Å². The molecule has 0 aliphatic rings. The van der Waals surface area contributed by atoms with E-state index in [9.17, 15) is 18.3 Å². The number of halogens is 3. The van der Waals surface area contributed by atoms with E-state index in [1.807, 2.05) is 0 Å². The first kappa shape index (κ1) is 14.9. The number of alkyl halides is 3. The lowest BCUT2D eigenvalue weighted by atomic mass is 10.2. The normalized spacial score (nSPS) is 13.8. The van der Waals surface area contributed by atoms with Gasteiger partial charge in [-0.3, -0.25) is 0 Å². The Bertz CT molecular complexity index is 356. The fourth-order valence-electron chi connectivity index (χ4n) is 1.14. The summed E-state index contributed by atoms with van der Waals surface area (Å²) in [6.07, 6.45) is -4.95. The van der Waals surface area contributed by atoms with E-state index in [0.717, 1.165) is 0 Å². The number of nitrogens with two attached hydrogens (primary N) is 1. The van der Waals surface area contributed by atoms with Crippen LogP contribution >= 0.6 is 0 Å². The van der Waals surface area contributed by atoms with Gasteiger partial charge in [0.1, 0.15) is 12.7 Å². The van der Waals surface area contributed by atoms with Gasteiger partial charge in [-0.1, -0.05) is 5.16 Å². The van der Waals surface area contributed by atoms with Crippen molar-refractivity contribution in [1.82, 2.24) is 10.1 Å². The molecule has 1 rings (SSSR count). The molecule has 1 aromatic heterocycles. The fourth-order valence-corrected chi connectivity index (χ4v) is 1.14. The maximum Gasteiger partial charge on any atom is 0.411 e. The monoisotopic (exact) mass is 269 g/mol. The van der Waals surface area contributed by atoms with Gasteiger partial charge in [0.15, 0.2) is 5.82 Å². The number of nitrogens with zero attached hydrogens (tertiary/aromatic N) is 2. The second-order valence-electron chi connectivity index (χ2n) is 3.56. The SMILES string of the molecule is NCCC(O)c1nc(CCOCC(F)(F)F)no1. The number of aromatic nitrogens is 2. The van der Waals surface area contributed by atoms with Gasteiger partial charge in [-0.15, -0.1) is 0 Å². The molecular weight excluding hydrogens is 255 g/mol. The lowest BCUT2D eigenvalue weighted by molar-refractivity contribution is -0.173. The Balaban J connectivity index is 2.31. The minimum Gasteiger partial charge on any atom is -0.383 e. The molecule has 1 atom stereocenters. The van der Waals surface area contributed by atoms with Crippen LogP contribution < -0.4 is 5.73 Å². The van der Waals surface area contributed by atoms with Crippen molar-refractivity contribution in [2.75, 3.05) is 19.8 Å². The van der Waals surface area contributed by atoms with Crippen molar-refractivity contribution in [1.29, 1.82) is 0 Å². The van der Waals surface area contributed by atoms with Gasteiger partial charge in [0.25, 0.3) is 5.89 Å². The highest BCUT2D eigenvalue weighted by Crippen LogP contribution is 2.15. The Morgan fingerprint density at radius 2 is 2.17 bits per heavy atom. The van der Waals surface area contributed by atoms with Crippen LogP contribution in [0.2, 0.25) is 0 Å². The fraction of sp³-hybridized carbons (Fsp3) is 0.778. The summed E-state index contributed by atoms with van der Waals surface area (Å²) in [5, 5.41) is 13.0. The van der Waals surface area contributed by atoms with Gasteiger partial charge in [0.05, 0.1) is 6.61 Å². The molecule has 0 amide bonds. The van der Waals surface area contributed by atoms with Crippen molar-refractivity contribution in [2.24, 2.45) is 5.73 Å². The van der Waals surface area contributed by atoms with Crippen molar-refractivity contribution in [3.05, 3.63) is 11.7 Å². The highest BCUT2D eigenvalue weighted by Gasteiger charge is 2.27. The third-order valence-electron chi connectivity index (χ3n) is 1.94. The van der Waals surface area contributed by atoms with E-state index >= 15 is 0 Å². The third-order valence-corrected chi connectivity index (χ3v) is 1.94. The minimum atomic E-state index is -4.35. The number of ether oxygens (including phenoxy) is 1. The Morgan fingerprint density at radius 3 is 2.78 bits per heavy atom. The summed E-state index contributed by atoms with van der Waals surface area (Å²) in [4.78, 5) is 3.82. The lowest BCUT2D eigenvalue weighted by Crippen LogP contribution is -2.18. The Morgan fingerprint density at radius 1 is 1.44 bits per heavy atom. The molecule has 0 aromatic carbocycles. The molecule has 0 radical (unpaired) electrons. The van der Waals surface area contributed by atoms with Gasteiger partial charge < -0.3 is 20.1 Å². The number of hydrogen-bond acceptors (Lipinski definition) is 6. The number of aliphatic hydroxyl groups is 1. The van der Waals surface area contributed by atoms with E-state index in [-0.39, 0.29) is 37.7 Å². The van der Waals surface area contributed by atoms with E-state index in [2.05, 4.69) is 14.9 Å². The number of aliphatic hydroxyl groups excluding tert-OH is 1. The number of hydrogen-bond donors (Lipinski definition) is 2. The highest BCUT2D eigenvalue weighted by atomic mass is 19.4. The highest BCUT2D eigenvalue weighted by molar-refractivity contribution is 4.90. The molecule has 0 aliphatic heterocycles. The average Bonchev–Trinajstić information content (AvgIpc) is 2.72. The smallest absolute Gasteiger partial charge is 0.383 e. The third kappa shape index (κ3) is 5.43. The first-order valence-corrected chi connectivity index (χ1v) is 5.27. The predicted molar refractivity (Wildman–Crippen MR) is 53.5 cm³/mol. The summed E-state index contributed by atoms with van der Waals surface area (Å²) in [6, 6.07) is 0. The van der Waals surface area contributed by atoms with Gasteiger partial charge in [-0.2, -0.15) is 18.2 Å². The second kappa shape index (κ2) is 6.66. The molecular formula is C9H14F3N3O3. The molecule has 9 heteroatoms. The zero-order chi connectivity index (χ0) is 13.6. The Hall–Kier alpha value is -1.19. The van der Waals surface area contributed by atoms with Gasteiger partial charge in [0.2, 0.25) is 0 Å². The molecule has 0 fully saturated rings. The van der Waals surface area contributed by atoms with Crippen LogP contribution in [0.25, 0.3) is 0 Å². The standard InChI is InChI=1S/C9H14F3N3O3/c10-9(11,12)5-17-4-2-7-14-8(18-15-7)6(16)1-3-13/h6,16H,1-5,13H2. The molecule has 1 unspecified atom stereocenters. The summed E-state index contributed by atoms with van der Waals surface area (Å²) in [5.74, 6) is 0.189. The molecule has 0 spiro atoms. The van der Waals surface area contributed by atoms with E-state index in [1.54, 1.807) is 0 Å². The quantitative estimate of drug-likeness (QED) is 0.703. The van der Waals surface area contributed by atoms with Crippen molar-refractivity contribution < 1.29 is 27.5 Å². The first-order chi connectivity index (χ1) is 8.42. The largest absolute Gasteiger partial charge is 0.411 e. The van der Waals surface area contributed by atoms with Crippen LogP contribution in [0.3, 0.4) is 0 Å². The van der Waals surface area contributed by atoms with Gasteiger partial charge in [-0.25, -0.2) is 0 Å². The maximum absolute atomic E-state index is 11.8. The van der Waals surface area contributed by atoms with Crippen LogP contribution in [0.5, 0.6) is 0 Å². The molecule has 0 aliphatic carbocycles. The zero-order valence-corrected chi connectivity index (χ0v) is 9.48. The Kier molecular flexibility index (Phi) is 5.51. The summed E-state index contributed by atoms with van der Waals surface area (Å²) >= 11 is 0. The molecule has 1 heterocycles. The van der Waals surface area contributed by atoms with Crippen LogP contribution in [0, 0.1) is 0 Å². The second-order valence-corrected chi connectivity index (χ2v) is 3.56. The van der Waals surface area contributed by atoms with E-state index < -0.39 is 18.9 Å².